The van der Waals surface area contributed by atoms with Crippen LogP contribution >= 0.6 is 11.6 Å². The molecule has 32 heavy (non-hydrogen) atoms. The van der Waals surface area contributed by atoms with Gasteiger partial charge in [-0.25, -0.2) is 0 Å². The number of benzene rings is 2. The molecule has 4 rings (SSSR count). The molecule has 5 heteroatoms. The van der Waals surface area contributed by atoms with Crippen LogP contribution in [0.5, 0.6) is 0 Å². The van der Waals surface area contributed by atoms with Crippen molar-refractivity contribution in [3.63, 3.8) is 0 Å². The van der Waals surface area contributed by atoms with Crippen LogP contribution in [0.25, 0.3) is 0 Å². The third-order valence-corrected chi connectivity index (χ3v) is 6.84. The number of allylic oxidation sites excluding steroid dienone is 2. The van der Waals surface area contributed by atoms with E-state index in [0.29, 0.717) is 29.2 Å². The Hall–Kier alpha value is -2.43. The number of nitrogens with zero attached hydrogens (tertiary/aromatic N) is 1. The lowest BCUT2D eigenvalue weighted by Gasteiger charge is -2.32. The number of fused-ring (bicyclic) bond motifs is 1. The minimum Gasteiger partial charge on any atom is -0.489 e. The predicted molar refractivity (Wildman–Crippen MR) is 127 cm³/mol. The summed E-state index contributed by atoms with van der Waals surface area (Å²) in [6.45, 7) is 1.30. The molecule has 0 atom stereocenters. The predicted octanol–water partition coefficient (Wildman–Crippen LogP) is 5.92. The highest BCUT2D eigenvalue weighted by molar-refractivity contribution is 6.30. The molecule has 0 aliphatic heterocycles. The van der Waals surface area contributed by atoms with E-state index in [0.717, 1.165) is 43.7 Å². The zero-order valence-electron chi connectivity index (χ0n) is 18.8. The number of rotatable bonds is 7. The zero-order chi connectivity index (χ0) is 22.7. The smallest absolute Gasteiger partial charge is 0.228 e. The lowest BCUT2D eigenvalue weighted by Crippen LogP contribution is -2.29. The Kier molecular flexibility index (Phi) is 7.12. The number of carbonyl (C=O) groups excluding carboxylic acids is 2. The third kappa shape index (κ3) is 4.82. The molecule has 0 radical (unpaired) electrons. The Morgan fingerprint density at radius 1 is 0.875 bits per heavy atom. The summed E-state index contributed by atoms with van der Waals surface area (Å²) in [5, 5.41) is 0.744. The van der Waals surface area contributed by atoms with Crippen molar-refractivity contribution in [3.8, 4) is 0 Å². The van der Waals surface area contributed by atoms with Crippen LogP contribution in [0.2, 0.25) is 5.02 Å². The van der Waals surface area contributed by atoms with Crippen molar-refractivity contribution in [2.75, 3.05) is 27.2 Å². The number of Topliss-reactive ketones (excluding diaryl/α,β-unsaturated/α-hetero) is 2. The lowest BCUT2D eigenvalue weighted by molar-refractivity contribution is 0.0848. The molecule has 1 saturated carbocycles. The monoisotopic (exact) mass is 451 g/mol. The van der Waals surface area contributed by atoms with E-state index in [-0.39, 0.29) is 23.2 Å². The van der Waals surface area contributed by atoms with Crippen LogP contribution in [0, 0.1) is 5.92 Å². The van der Waals surface area contributed by atoms with E-state index >= 15 is 0 Å². The maximum Gasteiger partial charge on any atom is 0.228 e. The average Bonchev–Trinajstić information content (AvgIpc) is 2.80. The summed E-state index contributed by atoms with van der Waals surface area (Å²) in [6.07, 6.45) is 4.50. The SMILES string of the molecule is CN(C)CCCOC1=C(C2CCC(c3ccc(Cl)cc3)CC2)C(=O)c2ccccc2C1=O. The molecule has 0 amide bonds. The summed E-state index contributed by atoms with van der Waals surface area (Å²) in [4.78, 5) is 28.9. The van der Waals surface area contributed by atoms with Crippen LogP contribution < -0.4 is 0 Å². The van der Waals surface area contributed by atoms with Crippen molar-refractivity contribution in [1.82, 2.24) is 4.90 Å². The molecule has 2 aromatic carbocycles. The molecular formula is C27H30ClNO3. The lowest BCUT2D eigenvalue weighted by atomic mass is 9.72. The fourth-order valence-corrected chi connectivity index (χ4v) is 5.02. The van der Waals surface area contributed by atoms with Crippen LogP contribution in [0.3, 0.4) is 0 Å². The standard InChI is InChI=1S/C27H30ClNO3/c1-29(2)16-5-17-32-27-24(25(30)22-6-3-4-7-23(22)26(27)31)20-10-8-18(9-11-20)19-12-14-21(28)15-13-19/h3-4,6-7,12-15,18,20H,5,8-11,16-17H2,1-2H3. The van der Waals surface area contributed by atoms with Gasteiger partial charge in [0.05, 0.1) is 6.61 Å². The van der Waals surface area contributed by atoms with Gasteiger partial charge < -0.3 is 9.64 Å². The largest absolute Gasteiger partial charge is 0.489 e. The first kappa shape index (κ1) is 22.8. The Bertz CT molecular complexity index is 1020. The average molecular weight is 452 g/mol. The van der Waals surface area contributed by atoms with E-state index in [1.165, 1.54) is 5.56 Å². The van der Waals surface area contributed by atoms with Crippen molar-refractivity contribution in [2.24, 2.45) is 5.92 Å². The first-order valence-corrected chi connectivity index (χ1v) is 11.8. The van der Waals surface area contributed by atoms with Crippen molar-refractivity contribution in [3.05, 3.63) is 81.6 Å². The summed E-state index contributed by atoms with van der Waals surface area (Å²) in [5.74, 6) is 0.586. The highest BCUT2D eigenvalue weighted by atomic mass is 35.5. The molecule has 0 spiro atoms. The fourth-order valence-electron chi connectivity index (χ4n) is 4.89. The van der Waals surface area contributed by atoms with Crippen molar-refractivity contribution in [2.45, 2.75) is 38.0 Å². The van der Waals surface area contributed by atoms with Gasteiger partial charge in [0.25, 0.3) is 0 Å². The second kappa shape index (κ2) is 10.0. The first-order valence-electron chi connectivity index (χ1n) is 11.4. The van der Waals surface area contributed by atoms with E-state index in [1.54, 1.807) is 18.2 Å². The van der Waals surface area contributed by atoms with Gasteiger partial charge >= 0.3 is 0 Å². The Morgan fingerprint density at radius 2 is 1.47 bits per heavy atom. The first-order chi connectivity index (χ1) is 15.5. The minimum absolute atomic E-state index is 0.0437. The van der Waals surface area contributed by atoms with E-state index in [2.05, 4.69) is 17.0 Å². The summed E-state index contributed by atoms with van der Waals surface area (Å²) in [5.41, 5.74) is 2.85. The van der Waals surface area contributed by atoms with Gasteiger partial charge in [0, 0.05) is 28.3 Å². The van der Waals surface area contributed by atoms with Gasteiger partial charge in [-0.3, -0.25) is 9.59 Å². The second-order valence-electron chi connectivity index (χ2n) is 9.05. The van der Waals surface area contributed by atoms with E-state index in [4.69, 9.17) is 16.3 Å². The summed E-state index contributed by atoms with van der Waals surface area (Å²) >= 11 is 6.04. The number of ether oxygens (including phenoxy) is 1. The minimum atomic E-state index is -0.153. The van der Waals surface area contributed by atoms with Crippen LogP contribution in [0.15, 0.2) is 59.9 Å². The highest BCUT2D eigenvalue weighted by Crippen LogP contribution is 2.42. The van der Waals surface area contributed by atoms with Crippen molar-refractivity contribution >= 4 is 23.2 Å². The van der Waals surface area contributed by atoms with Gasteiger partial charge in [-0.05, 0) is 75.7 Å². The molecule has 0 bridgehead atoms. The van der Waals surface area contributed by atoms with Crippen molar-refractivity contribution < 1.29 is 14.3 Å². The van der Waals surface area contributed by atoms with Gasteiger partial charge in [0.1, 0.15) is 0 Å². The summed E-state index contributed by atoms with van der Waals surface area (Å²) in [7, 11) is 4.02. The number of halogens is 1. The zero-order valence-corrected chi connectivity index (χ0v) is 19.5. The molecule has 0 aromatic heterocycles. The molecular weight excluding hydrogens is 422 g/mol. The van der Waals surface area contributed by atoms with Gasteiger partial charge in [-0.15, -0.1) is 0 Å². The van der Waals surface area contributed by atoms with Crippen LogP contribution in [-0.2, 0) is 4.74 Å². The third-order valence-electron chi connectivity index (χ3n) is 6.58. The molecule has 2 aliphatic carbocycles. The normalized spacial score (nSPS) is 21.1. The molecule has 2 aromatic rings. The molecule has 0 unspecified atom stereocenters. The number of carbonyl (C=O) groups is 2. The molecule has 0 saturated heterocycles. The van der Waals surface area contributed by atoms with Crippen LogP contribution in [0.4, 0.5) is 0 Å². The number of hydrogen-bond donors (Lipinski definition) is 0. The Balaban J connectivity index is 1.56. The van der Waals surface area contributed by atoms with Crippen LogP contribution in [-0.4, -0.2) is 43.7 Å². The molecule has 2 aliphatic rings. The quantitative estimate of drug-likeness (QED) is 0.490. The fraction of sp³-hybridized carbons (Fsp3) is 0.407. The van der Waals surface area contributed by atoms with Gasteiger partial charge in [0.15, 0.2) is 11.5 Å². The Morgan fingerprint density at radius 3 is 2.09 bits per heavy atom. The molecule has 4 nitrogen and oxygen atoms in total. The van der Waals surface area contributed by atoms with Gasteiger partial charge in [0.2, 0.25) is 5.78 Å². The van der Waals surface area contributed by atoms with Crippen LogP contribution in [0.1, 0.15) is 64.3 Å². The second-order valence-corrected chi connectivity index (χ2v) is 9.49. The Labute approximate surface area is 195 Å². The maximum absolute atomic E-state index is 13.5. The van der Waals surface area contributed by atoms with E-state index < -0.39 is 0 Å². The molecule has 0 N–H and O–H groups in total. The van der Waals surface area contributed by atoms with E-state index in [9.17, 15) is 9.59 Å². The number of ketones is 2. The summed E-state index contributed by atoms with van der Waals surface area (Å²) < 4.78 is 6.03. The molecule has 0 heterocycles. The molecule has 168 valence electrons. The maximum atomic E-state index is 13.5. The topological polar surface area (TPSA) is 46.6 Å². The number of hydrogen-bond acceptors (Lipinski definition) is 4. The van der Waals surface area contributed by atoms with Gasteiger partial charge in [-0.2, -0.15) is 0 Å². The van der Waals surface area contributed by atoms with Gasteiger partial charge in [-0.1, -0.05) is 48.0 Å². The molecule has 1 fully saturated rings. The van der Waals surface area contributed by atoms with E-state index in [1.807, 2.05) is 32.3 Å². The van der Waals surface area contributed by atoms with Crippen molar-refractivity contribution in [1.29, 1.82) is 0 Å². The highest BCUT2D eigenvalue weighted by Gasteiger charge is 2.38. The summed E-state index contributed by atoms with van der Waals surface area (Å²) in [6, 6.07) is 15.2.